The number of nitrogens with zero attached hydrogens (tertiary/aromatic N) is 1. The van der Waals surface area contributed by atoms with Gasteiger partial charge >= 0.3 is 5.97 Å². The number of esters is 1. The Morgan fingerprint density at radius 3 is 2.76 bits per heavy atom. The lowest BCUT2D eigenvalue weighted by atomic mass is 10.1. The zero-order valence-corrected chi connectivity index (χ0v) is 11.5. The molecule has 0 aliphatic heterocycles. The average molecular weight is 282 g/mol. The van der Waals surface area contributed by atoms with Crippen LogP contribution < -0.4 is 10.5 Å². The van der Waals surface area contributed by atoms with Crippen molar-refractivity contribution >= 4 is 11.7 Å². The van der Waals surface area contributed by atoms with Crippen molar-refractivity contribution in [2.24, 2.45) is 0 Å². The maximum Gasteiger partial charge on any atom is 0.338 e. The van der Waals surface area contributed by atoms with Crippen molar-refractivity contribution in [3.05, 3.63) is 59.2 Å². The molecule has 0 saturated carbocycles. The third-order valence-corrected chi connectivity index (χ3v) is 2.88. The van der Waals surface area contributed by atoms with Crippen molar-refractivity contribution in [3.63, 3.8) is 0 Å². The van der Waals surface area contributed by atoms with Crippen LogP contribution in [-0.2, 0) is 11.3 Å². The minimum atomic E-state index is -0.461. The quantitative estimate of drug-likeness (QED) is 0.688. The fourth-order valence-corrected chi connectivity index (χ4v) is 1.83. The first kappa shape index (κ1) is 14.4. The Morgan fingerprint density at radius 2 is 2.10 bits per heavy atom. The number of benzene rings is 2. The first-order chi connectivity index (χ1) is 10.1. The Kier molecular flexibility index (Phi) is 4.42. The van der Waals surface area contributed by atoms with Crippen LogP contribution >= 0.6 is 0 Å². The van der Waals surface area contributed by atoms with Crippen molar-refractivity contribution < 1.29 is 14.3 Å². The van der Waals surface area contributed by atoms with E-state index in [1.807, 2.05) is 6.07 Å². The Balaban J connectivity index is 2.06. The summed E-state index contributed by atoms with van der Waals surface area (Å²) in [5, 5.41) is 9.01. The second kappa shape index (κ2) is 6.44. The third-order valence-electron chi connectivity index (χ3n) is 2.88. The van der Waals surface area contributed by atoms with E-state index in [2.05, 4.69) is 0 Å². The van der Waals surface area contributed by atoms with Gasteiger partial charge in [-0.3, -0.25) is 0 Å². The van der Waals surface area contributed by atoms with Crippen LogP contribution in [0, 0.1) is 11.3 Å². The molecule has 0 atom stereocenters. The number of rotatable bonds is 4. The fraction of sp³-hybridized carbons (Fsp3) is 0.125. The molecule has 0 aliphatic carbocycles. The van der Waals surface area contributed by atoms with Gasteiger partial charge in [-0.25, -0.2) is 4.79 Å². The minimum absolute atomic E-state index is 0.0757. The number of hydrogen-bond donors (Lipinski definition) is 1. The molecule has 0 unspecified atom stereocenters. The predicted octanol–water partition coefficient (Wildman–Crippen LogP) is 2.51. The van der Waals surface area contributed by atoms with Gasteiger partial charge in [0.05, 0.1) is 18.2 Å². The van der Waals surface area contributed by atoms with Crippen LogP contribution in [-0.4, -0.2) is 13.1 Å². The van der Waals surface area contributed by atoms with Crippen LogP contribution in [0.3, 0.4) is 0 Å². The lowest BCUT2D eigenvalue weighted by molar-refractivity contribution is 0.0472. The molecule has 2 aromatic rings. The monoisotopic (exact) mass is 282 g/mol. The molecule has 0 radical (unpaired) electrons. The minimum Gasteiger partial charge on any atom is -0.495 e. The SMILES string of the molecule is COc1ccc(COC(=O)c2cccc(N)c2)cc1C#N. The third kappa shape index (κ3) is 3.51. The summed E-state index contributed by atoms with van der Waals surface area (Å²) in [6, 6.07) is 13.6. The van der Waals surface area contributed by atoms with E-state index in [4.69, 9.17) is 20.5 Å². The van der Waals surface area contributed by atoms with Gasteiger partial charge in [-0.1, -0.05) is 12.1 Å². The average Bonchev–Trinajstić information content (AvgIpc) is 2.52. The van der Waals surface area contributed by atoms with Gasteiger partial charge in [-0.05, 0) is 35.9 Å². The highest BCUT2D eigenvalue weighted by Crippen LogP contribution is 2.19. The molecule has 0 fully saturated rings. The topological polar surface area (TPSA) is 85.3 Å². The summed E-state index contributed by atoms with van der Waals surface area (Å²) in [6.45, 7) is 0.0757. The van der Waals surface area contributed by atoms with Crippen LogP contribution in [0.15, 0.2) is 42.5 Å². The Bertz CT molecular complexity index is 705. The summed E-state index contributed by atoms with van der Waals surface area (Å²) >= 11 is 0. The van der Waals surface area contributed by atoms with Crippen LogP contribution in [0.5, 0.6) is 5.75 Å². The van der Waals surface area contributed by atoms with Gasteiger partial charge in [-0.15, -0.1) is 0 Å². The Labute approximate surface area is 122 Å². The largest absolute Gasteiger partial charge is 0.495 e. The first-order valence-corrected chi connectivity index (χ1v) is 6.23. The summed E-state index contributed by atoms with van der Waals surface area (Å²) in [5.41, 5.74) is 7.62. The van der Waals surface area contributed by atoms with E-state index >= 15 is 0 Å². The van der Waals surface area contributed by atoms with E-state index in [1.165, 1.54) is 7.11 Å². The lowest BCUT2D eigenvalue weighted by Crippen LogP contribution is -2.06. The highest BCUT2D eigenvalue weighted by molar-refractivity contribution is 5.90. The highest BCUT2D eigenvalue weighted by Gasteiger charge is 2.09. The van der Waals surface area contributed by atoms with Gasteiger partial charge in [0.2, 0.25) is 0 Å². The van der Waals surface area contributed by atoms with E-state index in [-0.39, 0.29) is 6.61 Å². The summed E-state index contributed by atoms with van der Waals surface area (Å²) in [5.74, 6) is 0.0278. The number of carbonyl (C=O) groups excluding carboxylic acids is 1. The zero-order chi connectivity index (χ0) is 15.2. The summed E-state index contributed by atoms with van der Waals surface area (Å²) in [4.78, 5) is 11.9. The fourth-order valence-electron chi connectivity index (χ4n) is 1.83. The van der Waals surface area contributed by atoms with Gasteiger partial charge in [-0.2, -0.15) is 5.26 Å². The van der Waals surface area contributed by atoms with Gasteiger partial charge in [0.25, 0.3) is 0 Å². The van der Waals surface area contributed by atoms with Crippen molar-refractivity contribution in [1.29, 1.82) is 5.26 Å². The molecular formula is C16H14N2O3. The summed E-state index contributed by atoms with van der Waals surface area (Å²) in [6.07, 6.45) is 0. The second-order valence-corrected chi connectivity index (χ2v) is 4.35. The Hall–Kier alpha value is -3.00. The van der Waals surface area contributed by atoms with Gasteiger partial charge in [0.15, 0.2) is 0 Å². The zero-order valence-electron chi connectivity index (χ0n) is 11.5. The number of ether oxygens (including phenoxy) is 2. The molecular weight excluding hydrogens is 268 g/mol. The number of hydrogen-bond acceptors (Lipinski definition) is 5. The van der Waals surface area contributed by atoms with Crippen LogP contribution in [0.1, 0.15) is 21.5 Å². The van der Waals surface area contributed by atoms with E-state index in [0.717, 1.165) is 0 Å². The number of nitriles is 1. The molecule has 21 heavy (non-hydrogen) atoms. The van der Waals surface area contributed by atoms with Crippen LogP contribution in [0.25, 0.3) is 0 Å². The van der Waals surface area contributed by atoms with Crippen molar-refractivity contribution in [2.75, 3.05) is 12.8 Å². The highest BCUT2D eigenvalue weighted by atomic mass is 16.5. The Morgan fingerprint density at radius 1 is 1.29 bits per heavy atom. The molecule has 2 N–H and O–H groups in total. The van der Waals surface area contributed by atoms with E-state index in [0.29, 0.717) is 28.1 Å². The molecule has 0 aromatic heterocycles. The van der Waals surface area contributed by atoms with Gasteiger partial charge < -0.3 is 15.2 Å². The van der Waals surface area contributed by atoms with Gasteiger partial charge in [0.1, 0.15) is 18.4 Å². The number of methoxy groups -OCH3 is 1. The molecule has 0 spiro atoms. The van der Waals surface area contributed by atoms with Crippen molar-refractivity contribution in [2.45, 2.75) is 6.61 Å². The molecule has 0 saturated heterocycles. The van der Waals surface area contributed by atoms with E-state index in [9.17, 15) is 4.79 Å². The van der Waals surface area contributed by atoms with Crippen molar-refractivity contribution in [3.8, 4) is 11.8 Å². The normalized spacial score (nSPS) is 9.71. The summed E-state index contributed by atoms with van der Waals surface area (Å²) in [7, 11) is 1.50. The number of anilines is 1. The number of carbonyl (C=O) groups is 1. The van der Waals surface area contributed by atoms with Crippen molar-refractivity contribution in [1.82, 2.24) is 0 Å². The molecule has 0 aliphatic rings. The standard InChI is InChI=1S/C16H14N2O3/c1-20-15-6-5-11(7-13(15)9-17)10-21-16(19)12-3-2-4-14(18)8-12/h2-8H,10,18H2,1H3. The maximum atomic E-state index is 11.9. The smallest absolute Gasteiger partial charge is 0.338 e. The predicted molar refractivity (Wildman–Crippen MR) is 77.7 cm³/mol. The molecule has 5 nitrogen and oxygen atoms in total. The molecule has 0 heterocycles. The van der Waals surface area contributed by atoms with E-state index in [1.54, 1.807) is 42.5 Å². The molecule has 5 heteroatoms. The number of nitrogens with two attached hydrogens (primary N) is 1. The second-order valence-electron chi connectivity index (χ2n) is 4.35. The van der Waals surface area contributed by atoms with Crippen LogP contribution in [0.2, 0.25) is 0 Å². The first-order valence-electron chi connectivity index (χ1n) is 6.23. The molecule has 106 valence electrons. The lowest BCUT2D eigenvalue weighted by Gasteiger charge is -2.07. The molecule has 2 aromatic carbocycles. The maximum absolute atomic E-state index is 11.9. The van der Waals surface area contributed by atoms with Crippen LogP contribution in [0.4, 0.5) is 5.69 Å². The number of nitrogen functional groups attached to an aromatic ring is 1. The molecule has 2 rings (SSSR count). The molecule has 0 amide bonds. The molecule has 0 bridgehead atoms. The van der Waals surface area contributed by atoms with E-state index < -0.39 is 5.97 Å². The van der Waals surface area contributed by atoms with Gasteiger partial charge in [0, 0.05) is 5.69 Å². The summed E-state index contributed by atoms with van der Waals surface area (Å²) < 4.78 is 10.3.